The van der Waals surface area contributed by atoms with E-state index >= 15 is 0 Å². The summed E-state index contributed by atoms with van der Waals surface area (Å²) < 4.78 is 20.0. The maximum atomic E-state index is 14.4. The first-order valence-electron chi connectivity index (χ1n) is 8.15. The fourth-order valence-corrected chi connectivity index (χ4v) is 2.73. The van der Waals surface area contributed by atoms with Crippen LogP contribution >= 0.6 is 12.4 Å². The van der Waals surface area contributed by atoms with Crippen molar-refractivity contribution in [2.45, 2.75) is 13.0 Å². The van der Waals surface area contributed by atoms with Gasteiger partial charge in [-0.25, -0.2) is 9.37 Å². The van der Waals surface area contributed by atoms with Crippen molar-refractivity contribution in [1.29, 1.82) is 0 Å². The topological polar surface area (TPSA) is 106 Å². The summed E-state index contributed by atoms with van der Waals surface area (Å²) in [6, 6.07) is 7.32. The van der Waals surface area contributed by atoms with Crippen LogP contribution in [0.1, 0.15) is 38.2 Å². The number of carbonyl (C=O) groups excluding carboxylic acids is 2. The van der Waals surface area contributed by atoms with E-state index < -0.39 is 17.6 Å². The Morgan fingerprint density at radius 2 is 2.11 bits per heavy atom. The number of aryl methyl sites for hydroxylation is 1. The largest absolute Gasteiger partial charge is 0.371 e. The van der Waals surface area contributed by atoms with E-state index in [4.69, 9.17) is 10.5 Å². The van der Waals surface area contributed by atoms with Crippen LogP contribution in [0.3, 0.4) is 0 Å². The molecule has 1 aliphatic heterocycles. The van der Waals surface area contributed by atoms with Crippen LogP contribution in [0, 0.1) is 12.7 Å². The Balaban J connectivity index is 0.00000261. The summed E-state index contributed by atoms with van der Waals surface area (Å²) >= 11 is 0. The summed E-state index contributed by atoms with van der Waals surface area (Å²) in [7, 11) is 0. The molecule has 144 valence electrons. The van der Waals surface area contributed by atoms with Crippen molar-refractivity contribution < 1.29 is 18.7 Å². The molecule has 3 rings (SSSR count). The van der Waals surface area contributed by atoms with E-state index in [0.717, 1.165) is 6.54 Å². The van der Waals surface area contributed by atoms with E-state index in [1.165, 1.54) is 24.3 Å². The molecule has 1 unspecified atom stereocenters. The van der Waals surface area contributed by atoms with Crippen LogP contribution in [0.2, 0.25) is 0 Å². The van der Waals surface area contributed by atoms with Crippen LogP contribution in [0.15, 0.2) is 30.3 Å². The van der Waals surface area contributed by atoms with E-state index in [0.29, 0.717) is 24.4 Å². The molecule has 1 aromatic carbocycles. The first-order chi connectivity index (χ1) is 12.4. The second-order valence-electron chi connectivity index (χ2n) is 6.00. The first kappa shape index (κ1) is 20.8. The predicted octanol–water partition coefficient (Wildman–Crippen LogP) is 1.96. The van der Waals surface area contributed by atoms with Gasteiger partial charge in [0.15, 0.2) is 0 Å². The maximum absolute atomic E-state index is 14.4. The quantitative estimate of drug-likeness (QED) is 0.735. The molecule has 7 nitrogen and oxygen atoms in total. The third-order valence-corrected chi connectivity index (χ3v) is 4.01. The Morgan fingerprint density at radius 1 is 1.33 bits per heavy atom. The molecule has 0 spiro atoms. The minimum absolute atomic E-state index is 0. The number of pyridine rings is 1. The van der Waals surface area contributed by atoms with Gasteiger partial charge in [-0.15, -0.1) is 12.4 Å². The number of halogens is 2. The molecule has 27 heavy (non-hydrogen) atoms. The third-order valence-electron chi connectivity index (χ3n) is 4.01. The van der Waals surface area contributed by atoms with E-state index in [-0.39, 0.29) is 35.5 Å². The number of nitrogens with one attached hydrogen (secondary N) is 2. The summed E-state index contributed by atoms with van der Waals surface area (Å²) in [6.45, 7) is 3.58. The van der Waals surface area contributed by atoms with Crippen molar-refractivity contribution in [1.82, 2.24) is 10.3 Å². The van der Waals surface area contributed by atoms with Crippen molar-refractivity contribution >= 4 is 29.9 Å². The fraction of sp³-hybridized carbons (Fsp3) is 0.278. The van der Waals surface area contributed by atoms with Gasteiger partial charge in [-0.05, 0) is 36.8 Å². The minimum atomic E-state index is -0.737. The molecule has 1 fully saturated rings. The monoisotopic (exact) mass is 394 g/mol. The first-order valence-corrected chi connectivity index (χ1v) is 8.15. The van der Waals surface area contributed by atoms with Gasteiger partial charge in [0.05, 0.1) is 18.4 Å². The Labute approximate surface area is 161 Å². The number of rotatable bonds is 4. The molecular formula is C18H20ClFN4O3. The van der Waals surface area contributed by atoms with Gasteiger partial charge in [-0.2, -0.15) is 0 Å². The molecule has 0 bridgehead atoms. The molecular weight excluding hydrogens is 375 g/mol. The molecule has 4 N–H and O–H groups in total. The number of benzene rings is 1. The lowest BCUT2D eigenvalue weighted by Gasteiger charge is -2.24. The van der Waals surface area contributed by atoms with E-state index in [1.807, 2.05) is 0 Å². The van der Waals surface area contributed by atoms with Gasteiger partial charge >= 0.3 is 0 Å². The summed E-state index contributed by atoms with van der Waals surface area (Å²) in [5.41, 5.74) is 6.56. The number of primary amides is 1. The molecule has 2 aromatic rings. The number of ether oxygens (including phenoxy) is 1. The zero-order valence-electron chi connectivity index (χ0n) is 14.6. The van der Waals surface area contributed by atoms with Crippen molar-refractivity contribution in [3.8, 4) is 0 Å². The number of hydrogen-bond acceptors (Lipinski definition) is 5. The standard InChI is InChI=1S/C18H19FN4O3.ClH/c1-10-6-12(8-15(22-10)17(20)24)18(25)23-14-3-2-11(7-13(14)19)16-9-21-4-5-26-16;/h2-3,6-8,16,21H,4-5,9H2,1H3,(H2,20,24)(H,23,25);1H. The van der Waals surface area contributed by atoms with Gasteiger partial charge in [0.25, 0.3) is 11.8 Å². The lowest BCUT2D eigenvalue weighted by atomic mass is 10.1. The van der Waals surface area contributed by atoms with Crippen LogP contribution in [0.25, 0.3) is 0 Å². The lowest BCUT2D eigenvalue weighted by Crippen LogP contribution is -2.33. The van der Waals surface area contributed by atoms with E-state index in [9.17, 15) is 14.0 Å². The normalized spacial score (nSPS) is 16.3. The molecule has 9 heteroatoms. The second kappa shape index (κ2) is 8.90. The molecule has 1 atom stereocenters. The fourth-order valence-electron chi connectivity index (χ4n) is 2.73. The molecule has 2 heterocycles. The number of aromatic nitrogens is 1. The molecule has 1 saturated heterocycles. The van der Waals surface area contributed by atoms with Crippen LogP contribution in [0.5, 0.6) is 0 Å². The van der Waals surface area contributed by atoms with Crippen LogP contribution < -0.4 is 16.4 Å². The molecule has 0 saturated carbocycles. The maximum Gasteiger partial charge on any atom is 0.267 e. The summed E-state index contributed by atoms with van der Waals surface area (Å²) in [5, 5.41) is 5.68. The summed E-state index contributed by atoms with van der Waals surface area (Å²) in [6.07, 6.45) is -0.219. The number of nitrogens with zero attached hydrogens (tertiary/aromatic N) is 1. The SMILES string of the molecule is Cc1cc(C(=O)Nc2ccc(C3CNCCO3)cc2F)cc(C(N)=O)n1.Cl. The molecule has 0 aliphatic carbocycles. The molecule has 1 aliphatic rings. The van der Waals surface area contributed by atoms with Gasteiger partial charge in [0.2, 0.25) is 0 Å². The lowest BCUT2D eigenvalue weighted by molar-refractivity contribution is 0.0275. The Hall–Kier alpha value is -2.55. The minimum Gasteiger partial charge on any atom is -0.371 e. The number of hydrogen-bond donors (Lipinski definition) is 3. The zero-order valence-corrected chi connectivity index (χ0v) is 15.4. The van der Waals surface area contributed by atoms with Crippen molar-refractivity contribution in [2.75, 3.05) is 25.0 Å². The van der Waals surface area contributed by atoms with Gasteiger partial charge < -0.3 is 21.1 Å². The Bertz CT molecular complexity index is 856. The third kappa shape index (κ3) is 5.00. The van der Waals surface area contributed by atoms with Gasteiger partial charge in [-0.1, -0.05) is 6.07 Å². The van der Waals surface area contributed by atoms with Crippen LogP contribution in [-0.4, -0.2) is 36.5 Å². The van der Waals surface area contributed by atoms with E-state index in [1.54, 1.807) is 13.0 Å². The highest BCUT2D eigenvalue weighted by Crippen LogP contribution is 2.24. The van der Waals surface area contributed by atoms with Crippen LogP contribution in [0.4, 0.5) is 10.1 Å². The molecule has 0 radical (unpaired) electrons. The highest BCUT2D eigenvalue weighted by atomic mass is 35.5. The van der Waals surface area contributed by atoms with Gasteiger partial charge in [0, 0.05) is 24.3 Å². The number of morpholine rings is 1. The highest BCUT2D eigenvalue weighted by molar-refractivity contribution is 6.05. The number of anilines is 1. The molecule has 2 amide bonds. The Kier molecular flexibility index (Phi) is 6.84. The van der Waals surface area contributed by atoms with Crippen LogP contribution in [-0.2, 0) is 4.74 Å². The van der Waals surface area contributed by atoms with Gasteiger partial charge in [0.1, 0.15) is 11.5 Å². The molecule has 1 aromatic heterocycles. The summed E-state index contributed by atoms with van der Waals surface area (Å²) in [4.78, 5) is 27.6. The average Bonchev–Trinajstić information content (AvgIpc) is 2.63. The number of amides is 2. The van der Waals surface area contributed by atoms with Crippen molar-refractivity contribution in [3.05, 3.63) is 58.7 Å². The second-order valence-corrected chi connectivity index (χ2v) is 6.00. The average molecular weight is 395 g/mol. The van der Waals surface area contributed by atoms with Crippen molar-refractivity contribution in [3.63, 3.8) is 0 Å². The van der Waals surface area contributed by atoms with Gasteiger partial charge in [-0.3, -0.25) is 9.59 Å². The number of carbonyl (C=O) groups is 2. The predicted molar refractivity (Wildman–Crippen MR) is 101 cm³/mol. The Morgan fingerprint density at radius 3 is 2.74 bits per heavy atom. The van der Waals surface area contributed by atoms with Crippen molar-refractivity contribution in [2.24, 2.45) is 5.73 Å². The number of nitrogens with two attached hydrogens (primary N) is 1. The summed E-state index contributed by atoms with van der Waals surface area (Å²) in [5.74, 6) is -1.86. The highest BCUT2D eigenvalue weighted by Gasteiger charge is 2.18. The smallest absolute Gasteiger partial charge is 0.267 e. The van der Waals surface area contributed by atoms with E-state index in [2.05, 4.69) is 15.6 Å². The zero-order chi connectivity index (χ0) is 18.7.